The Morgan fingerprint density at radius 2 is 1.81 bits per heavy atom. The second-order valence-corrected chi connectivity index (χ2v) is 12.4. The van der Waals surface area contributed by atoms with E-state index in [0.717, 1.165) is 21.2 Å². The fourth-order valence-electron chi connectivity index (χ4n) is 5.36. The van der Waals surface area contributed by atoms with Gasteiger partial charge in [0.05, 0.1) is 5.75 Å². The van der Waals surface area contributed by atoms with Gasteiger partial charge in [0.25, 0.3) is 5.91 Å². The summed E-state index contributed by atoms with van der Waals surface area (Å²) < 4.78 is 0. The molecular weight excluding hydrogens is 574 g/mol. The van der Waals surface area contributed by atoms with Crippen molar-refractivity contribution >= 4 is 58.0 Å². The van der Waals surface area contributed by atoms with Gasteiger partial charge in [-0.3, -0.25) is 19.3 Å². The SMILES string of the molecule is O=C(CSc1ccc2ccccc2c1)N[C@@H]1C(=O)N2C(C(=O)O)=C(/C=C3\CCN(Cc4ccc(O)cc4)C3=O)CS[C@H]12. The van der Waals surface area contributed by atoms with Crippen LogP contribution in [0.2, 0.25) is 0 Å². The molecule has 11 heteroatoms. The molecule has 3 aromatic rings. The number of nitrogens with zero attached hydrogens (tertiary/aromatic N) is 2. The predicted molar refractivity (Wildman–Crippen MR) is 161 cm³/mol. The molecule has 6 rings (SSSR count). The Hall–Kier alpha value is -4.22. The Labute approximate surface area is 250 Å². The standard InChI is InChI=1S/C31H27N3O6S2/c35-23-8-5-18(6-9-23)15-33-12-11-21(28(33)37)13-22-16-42-30-26(29(38)34(30)27(22)31(39)40)32-25(36)17-41-24-10-7-19-3-1-2-4-20(19)14-24/h1-10,13-14,26,30,35H,11-12,15-17H2,(H,32,36)(H,39,40)/b21-13+/t26-,30-/m1/s1. The molecule has 3 aliphatic heterocycles. The van der Waals surface area contributed by atoms with Crippen LogP contribution in [0.5, 0.6) is 5.75 Å². The van der Waals surface area contributed by atoms with Gasteiger partial charge in [-0.15, -0.1) is 23.5 Å². The van der Waals surface area contributed by atoms with Gasteiger partial charge in [-0.2, -0.15) is 0 Å². The van der Waals surface area contributed by atoms with Gasteiger partial charge in [-0.1, -0.05) is 42.5 Å². The molecule has 0 aliphatic carbocycles. The molecule has 3 aromatic carbocycles. The molecule has 3 heterocycles. The summed E-state index contributed by atoms with van der Waals surface area (Å²) in [6, 6.07) is 19.8. The number of fused-ring (bicyclic) bond motifs is 2. The lowest BCUT2D eigenvalue weighted by Gasteiger charge is -2.49. The fraction of sp³-hybridized carbons (Fsp3) is 0.226. The van der Waals surface area contributed by atoms with Crippen molar-refractivity contribution in [3.8, 4) is 5.75 Å². The Balaban J connectivity index is 1.10. The third-order valence-electron chi connectivity index (χ3n) is 7.48. The maximum Gasteiger partial charge on any atom is 0.352 e. The monoisotopic (exact) mass is 601 g/mol. The summed E-state index contributed by atoms with van der Waals surface area (Å²) in [6.07, 6.45) is 2.06. The summed E-state index contributed by atoms with van der Waals surface area (Å²) in [7, 11) is 0. The summed E-state index contributed by atoms with van der Waals surface area (Å²) in [5, 5.41) is 24.0. The van der Waals surface area contributed by atoms with Crippen molar-refractivity contribution in [2.75, 3.05) is 18.1 Å². The third-order valence-corrected chi connectivity index (χ3v) is 9.77. The first-order chi connectivity index (χ1) is 20.3. The normalized spacial score (nSPS) is 21.1. The van der Waals surface area contributed by atoms with Crippen molar-refractivity contribution in [1.29, 1.82) is 0 Å². The minimum Gasteiger partial charge on any atom is -0.508 e. The van der Waals surface area contributed by atoms with Crippen LogP contribution < -0.4 is 5.32 Å². The molecule has 9 nitrogen and oxygen atoms in total. The van der Waals surface area contributed by atoms with Gasteiger partial charge < -0.3 is 20.4 Å². The number of aromatic hydroxyl groups is 1. The fourth-order valence-corrected chi connectivity index (χ4v) is 7.42. The molecule has 0 spiro atoms. The van der Waals surface area contributed by atoms with Gasteiger partial charge in [0.15, 0.2) is 0 Å². The number of phenols is 1. The zero-order valence-electron chi connectivity index (χ0n) is 22.4. The first kappa shape index (κ1) is 27.9. The maximum absolute atomic E-state index is 13.1. The second-order valence-electron chi connectivity index (χ2n) is 10.2. The van der Waals surface area contributed by atoms with Crippen LogP contribution in [0.3, 0.4) is 0 Å². The van der Waals surface area contributed by atoms with Crippen molar-refractivity contribution in [2.45, 2.75) is 29.3 Å². The zero-order valence-corrected chi connectivity index (χ0v) is 24.0. The van der Waals surface area contributed by atoms with Gasteiger partial charge in [-0.05, 0) is 58.7 Å². The second kappa shape index (κ2) is 11.6. The topological polar surface area (TPSA) is 127 Å². The quantitative estimate of drug-likeness (QED) is 0.203. The van der Waals surface area contributed by atoms with Crippen molar-refractivity contribution in [3.05, 3.63) is 95.2 Å². The molecule has 3 N–H and O–H groups in total. The molecule has 0 radical (unpaired) electrons. The summed E-state index contributed by atoms with van der Waals surface area (Å²) >= 11 is 2.74. The van der Waals surface area contributed by atoms with Crippen LogP contribution in [0.4, 0.5) is 0 Å². The first-order valence-corrected chi connectivity index (χ1v) is 15.4. The van der Waals surface area contributed by atoms with Gasteiger partial charge >= 0.3 is 5.97 Å². The number of hydrogen-bond donors (Lipinski definition) is 3. The minimum absolute atomic E-state index is 0.126. The van der Waals surface area contributed by atoms with Gasteiger partial charge in [0.1, 0.15) is 22.9 Å². The number of likely N-dealkylation sites (tertiary alicyclic amines) is 1. The molecule has 214 valence electrons. The molecule has 2 saturated heterocycles. The number of carbonyl (C=O) groups excluding carboxylic acids is 3. The Kier molecular flexibility index (Phi) is 7.70. The predicted octanol–water partition coefficient (Wildman–Crippen LogP) is 3.74. The number of benzene rings is 3. The number of carboxylic acid groups (broad SMARTS) is 1. The zero-order chi connectivity index (χ0) is 29.4. The van der Waals surface area contributed by atoms with Crippen molar-refractivity contribution in [2.24, 2.45) is 0 Å². The third kappa shape index (κ3) is 5.49. The largest absolute Gasteiger partial charge is 0.508 e. The molecule has 2 fully saturated rings. The molecule has 0 aromatic heterocycles. The number of carbonyl (C=O) groups is 4. The number of rotatable bonds is 8. The molecule has 0 bridgehead atoms. The van der Waals surface area contributed by atoms with Crippen LogP contribution in [-0.2, 0) is 25.7 Å². The van der Waals surface area contributed by atoms with Crippen LogP contribution in [0.25, 0.3) is 10.8 Å². The molecule has 3 amide bonds. The lowest BCUT2D eigenvalue weighted by atomic mass is 10.0. The number of allylic oxidation sites excluding steroid dienone is 1. The van der Waals surface area contributed by atoms with Gasteiger partial charge in [0.2, 0.25) is 11.8 Å². The van der Waals surface area contributed by atoms with E-state index in [2.05, 4.69) is 5.32 Å². The van der Waals surface area contributed by atoms with Crippen LogP contribution in [0.1, 0.15) is 12.0 Å². The van der Waals surface area contributed by atoms with E-state index in [1.807, 2.05) is 42.5 Å². The summed E-state index contributed by atoms with van der Waals surface area (Å²) in [4.78, 5) is 55.0. The summed E-state index contributed by atoms with van der Waals surface area (Å²) in [5.41, 5.74) is 1.63. The highest BCUT2D eigenvalue weighted by Gasteiger charge is 2.54. The van der Waals surface area contributed by atoms with Crippen molar-refractivity contribution < 1.29 is 29.4 Å². The van der Waals surface area contributed by atoms with Gasteiger partial charge in [-0.25, -0.2) is 4.79 Å². The van der Waals surface area contributed by atoms with E-state index in [1.54, 1.807) is 35.2 Å². The van der Waals surface area contributed by atoms with E-state index >= 15 is 0 Å². The molecule has 0 saturated carbocycles. The Morgan fingerprint density at radius 1 is 1.05 bits per heavy atom. The number of phenolic OH excluding ortho intramolecular Hbond substituents is 1. The number of thioether (sulfide) groups is 2. The van der Waals surface area contributed by atoms with Crippen LogP contribution in [0.15, 0.2) is 94.5 Å². The van der Waals surface area contributed by atoms with Crippen molar-refractivity contribution in [1.82, 2.24) is 15.1 Å². The first-order valence-electron chi connectivity index (χ1n) is 13.4. The van der Waals surface area contributed by atoms with E-state index in [-0.39, 0.29) is 29.0 Å². The lowest BCUT2D eigenvalue weighted by molar-refractivity contribution is -0.150. The van der Waals surface area contributed by atoms with Crippen LogP contribution in [-0.4, -0.2) is 73.2 Å². The van der Waals surface area contributed by atoms with Gasteiger partial charge in [0, 0.05) is 29.3 Å². The number of nitrogens with one attached hydrogen (secondary N) is 1. The highest BCUT2D eigenvalue weighted by molar-refractivity contribution is 8.00. The number of hydrogen-bond acceptors (Lipinski definition) is 7. The highest BCUT2D eigenvalue weighted by atomic mass is 32.2. The van der Waals surface area contributed by atoms with E-state index in [9.17, 15) is 29.4 Å². The molecule has 2 atom stereocenters. The molecule has 3 aliphatic rings. The van der Waals surface area contributed by atoms with Crippen LogP contribution >= 0.6 is 23.5 Å². The van der Waals surface area contributed by atoms with E-state index in [1.165, 1.54) is 28.4 Å². The van der Waals surface area contributed by atoms with Crippen LogP contribution in [0, 0.1) is 0 Å². The number of aliphatic carboxylic acids is 1. The average Bonchev–Trinajstić information content (AvgIpc) is 3.33. The van der Waals surface area contributed by atoms with E-state index in [4.69, 9.17) is 0 Å². The number of carboxylic acids is 1. The highest BCUT2D eigenvalue weighted by Crippen LogP contribution is 2.41. The Bertz CT molecular complexity index is 1670. The number of amides is 3. The average molecular weight is 602 g/mol. The number of β-lactam (4-membered cyclic amide) rings is 1. The molecular formula is C31H27N3O6S2. The smallest absolute Gasteiger partial charge is 0.352 e. The lowest BCUT2D eigenvalue weighted by Crippen LogP contribution is -2.70. The summed E-state index contributed by atoms with van der Waals surface area (Å²) in [5.74, 6) is -1.64. The van der Waals surface area contributed by atoms with Crippen molar-refractivity contribution in [3.63, 3.8) is 0 Å². The van der Waals surface area contributed by atoms with E-state index in [0.29, 0.717) is 36.4 Å². The van der Waals surface area contributed by atoms with E-state index < -0.39 is 23.3 Å². The summed E-state index contributed by atoms with van der Waals surface area (Å²) in [6.45, 7) is 0.869. The Morgan fingerprint density at radius 3 is 2.57 bits per heavy atom. The molecule has 42 heavy (non-hydrogen) atoms. The minimum atomic E-state index is -1.25. The maximum atomic E-state index is 13.1. The molecule has 0 unspecified atom stereocenters.